The summed E-state index contributed by atoms with van der Waals surface area (Å²) in [5.74, 6) is -1.08. The number of nitrogens with one attached hydrogen (secondary N) is 1. The summed E-state index contributed by atoms with van der Waals surface area (Å²) in [6, 6.07) is 0. The van der Waals surface area contributed by atoms with Gasteiger partial charge in [0.1, 0.15) is 0 Å². The summed E-state index contributed by atoms with van der Waals surface area (Å²) in [6.07, 6.45) is 1.03. The topological polar surface area (TPSA) is 72.2 Å². The van der Waals surface area contributed by atoms with E-state index >= 15 is 0 Å². The molecule has 64 valence electrons. The Bertz CT molecular complexity index is 266. The Kier molecular flexibility index (Phi) is 3.49. The van der Waals surface area contributed by atoms with Gasteiger partial charge in [-0.3, -0.25) is 9.59 Å². The molecule has 0 radical (unpaired) electrons. The van der Waals surface area contributed by atoms with Crippen molar-refractivity contribution in [1.29, 1.82) is 0 Å². The molecule has 0 bridgehead atoms. The zero-order valence-corrected chi connectivity index (χ0v) is 6.59. The molecule has 0 aromatic rings. The maximum atomic E-state index is 10.9. The first kappa shape index (κ1) is 10.2. The molecule has 0 heterocycles. The Morgan fingerprint density at radius 2 is 1.83 bits per heavy atom. The summed E-state index contributed by atoms with van der Waals surface area (Å²) in [5.41, 5.74) is 4.81. The van der Waals surface area contributed by atoms with Crippen molar-refractivity contribution in [3.05, 3.63) is 37.2 Å². The van der Waals surface area contributed by atoms with E-state index in [0.717, 1.165) is 6.08 Å². The third-order valence-electron chi connectivity index (χ3n) is 1.03. The molecule has 0 atom stereocenters. The molecule has 4 nitrogen and oxygen atoms in total. The van der Waals surface area contributed by atoms with Gasteiger partial charge in [-0.1, -0.05) is 19.7 Å². The van der Waals surface area contributed by atoms with Crippen molar-refractivity contribution in [2.45, 2.75) is 0 Å². The van der Waals surface area contributed by atoms with Crippen LogP contribution in [-0.4, -0.2) is 11.7 Å². The number of nitrogens with two attached hydrogens (primary N) is 1. The molecule has 0 fully saturated rings. The maximum absolute atomic E-state index is 10.9. The second-order valence-electron chi connectivity index (χ2n) is 2.03. The number of hydrogen-bond acceptors (Lipinski definition) is 3. The number of amides is 1. The molecule has 0 aromatic heterocycles. The quantitative estimate of drug-likeness (QED) is 0.570. The Labute approximate surface area is 70.4 Å². The van der Waals surface area contributed by atoms with Crippen LogP contribution in [0.2, 0.25) is 0 Å². The first-order chi connectivity index (χ1) is 5.49. The van der Waals surface area contributed by atoms with Crippen molar-refractivity contribution >= 4 is 11.7 Å². The molecule has 0 aliphatic heterocycles. The number of carbonyl (C=O) groups is 2. The lowest BCUT2D eigenvalue weighted by Gasteiger charge is -2.03. The van der Waals surface area contributed by atoms with E-state index in [1.54, 1.807) is 0 Å². The number of rotatable bonds is 4. The first-order valence-corrected chi connectivity index (χ1v) is 3.10. The molecule has 1 amide bonds. The van der Waals surface area contributed by atoms with Crippen molar-refractivity contribution in [3.63, 3.8) is 0 Å². The van der Waals surface area contributed by atoms with Crippen LogP contribution in [-0.2, 0) is 9.59 Å². The summed E-state index contributed by atoms with van der Waals surface area (Å²) in [7, 11) is 0. The predicted octanol–water partition coefficient (Wildman–Crippen LogP) is -0.156. The van der Waals surface area contributed by atoms with E-state index in [9.17, 15) is 9.59 Å². The predicted molar refractivity (Wildman–Crippen MR) is 45.8 cm³/mol. The van der Waals surface area contributed by atoms with Crippen LogP contribution in [0.3, 0.4) is 0 Å². The third kappa shape index (κ3) is 2.83. The summed E-state index contributed by atoms with van der Waals surface area (Å²) in [4.78, 5) is 21.6. The molecular weight excluding hydrogens is 156 g/mol. The highest BCUT2D eigenvalue weighted by Gasteiger charge is 2.09. The average Bonchev–Trinajstić information content (AvgIpc) is 2.02. The molecule has 0 spiro atoms. The fourth-order valence-electron chi connectivity index (χ4n) is 0.450. The second kappa shape index (κ2) is 4.12. The standard InChI is InChI=1S/C8H10N2O2/c1-4-7(11)10-6(3)8(12)5(2)9/h4H,1-3,9H2,(H,10,11). The number of hydrogen-bond donors (Lipinski definition) is 2. The van der Waals surface area contributed by atoms with Gasteiger partial charge in [0.25, 0.3) is 0 Å². The van der Waals surface area contributed by atoms with Crippen molar-refractivity contribution in [2.24, 2.45) is 5.73 Å². The maximum Gasteiger partial charge on any atom is 0.247 e. The van der Waals surface area contributed by atoms with E-state index in [1.165, 1.54) is 0 Å². The third-order valence-corrected chi connectivity index (χ3v) is 1.03. The van der Waals surface area contributed by atoms with E-state index in [1.807, 2.05) is 0 Å². The van der Waals surface area contributed by atoms with Gasteiger partial charge in [-0.05, 0) is 6.08 Å². The van der Waals surface area contributed by atoms with Crippen molar-refractivity contribution in [2.75, 3.05) is 0 Å². The Morgan fingerprint density at radius 3 is 2.17 bits per heavy atom. The van der Waals surface area contributed by atoms with Crippen LogP contribution in [0.15, 0.2) is 37.2 Å². The van der Waals surface area contributed by atoms with Gasteiger partial charge in [-0.2, -0.15) is 0 Å². The van der Waals surface area contributed by atoms with Gasteiger partial charge in [-0.15, -0.1) is 0 Å². The first-order valence-electron chi connectivity index (χ1n) is 3.10. The SMILES string of the molecule is C=CC(=O)NC(=C)C(=O)C(=C)N. The van der Waals surface area contributed by atoms with Crippen LogP contribution in [0.25, 0.3) is 0 Å². The highest BCUT2D eigenvalue weighted by Crippen LogP contribution is 1.92. The molecular formula is C8H10N2O2. The molecule has 0 aliphatic rings. The van der Waals surface area contributed by atoms with Crippen LogP contribution in [0.5, 0.6) is 0 Å². The molecule has 3 N–H and O–H groups in total. The fourth-order valence-corrected chi connectivity index (χ4v) is 0.450. The molecule has 0 aliphatic carbocycles. The Hall–Kier alpha value is -1.84. The molecule has 0 aromatic carbocycles. The smallest absolute Gasteiger partial charge is 0.247 e. The van der Waals surface area contributed by atoms with Gasteiger partial charge in [0.05, 0.1) is 11.4 Å². The minimum atomic E-state index is -0.579. The molecule has 4 heteroatoms. The minimum Gasteiger partial charge on any atom is -0.396 e. The van der Waals surface area contributed by atoms with E-state index in [0.29, 0.717) is 0 Å². The van der Waals surface area contributed by atoms with E-state index in [-0.39, 0.29) is 11.4 Å². The van der Waals surface area contributed by atoms with Gasteiger partial charge in [0.2, 0.25) is 11.7 Å². The van der Waals surface area contributed by atoms with Crippen LogP contribution < -0.4 is 11.1 Å². The van der Waals surface area contributed by atoms with Crippen molar-refractivity contribution < 1.29 is 9.59 Å². The number of ketones is 1. The summed E-state index contributed by atoms with van der Waals surface area (Å²) in [5, 5.41) is 2.17. The average molecular weight is 166 g/mol. The molecule has 0 saturated carbocycles. The fraction of sp³-hybridized carbons (Fsp3) is 0. The van der Waals surface area contributed by atoms with Gasteiger partial charge < -0.3 is 11.1 Å². The van der Waals surface area contributed by atoms with Crippen molar-refractivity contribution in [3.8, 4) is 0 Å². The van der Waals surface area contributed by atoms with Crippen LogP contribution in [0, 0.1) is 0 Å². The highest BCUT2D eigenvalue weighted by atomic mass is 16.2. The number of carbonyl (C=O) groups excluding carboxylic acids is 2. The molecule has 12 heavy (non-hydrogen) atoms. The van der Waals surface area contributed by atoms with Crippen molar-refractivity contribution in [1.82, 2.24) is 5.32 Å². The van der Waals surface area contributed by atoms with Gasteiger partial charge in [-0.25, -0.2) is 0 Å². The molecule has 0 unspecified atom stereocenters. The van der Waals surface area contributed by atoms with Crippen LogP contribution in [0.1, 0.15) is 0 Å². The van der Waals surface area contributed by atoms with Gasteiger partial charge in [0.15, 0.2) is 0 Å². The molecule has 0 saturated heterocycles. The van der Waals surface area contributed by atoms with E-state index < -0.39 is 11.7 Å². The zero-order valence-electron chi connectivity index (χ0n) is 6.59. The monoisotopic (exact) mass is 166 g/mol. The Morgan fingerprint density at radius 1 is 1.33 bits per heavy atom. The van der Waals surface area contributed by atoms with E-state index in [4.69, 9.17) is 5.73 Å². The molecule has 0 rings (SSSR count). The van der Waals surface area contributed by atoms with Gasteiger partial charge in [0, 0.05) is 0 Å². The largest absolute Gasteiger partial charge is 0.396 e. The van der Waals surface area contributed by atoms with Crippen LogP contribution >= 0.6 is 0 Å². The summed E-state index contributed by atoms with van der Waals surface area (Å²) in [6.45, 7) is 9.69. The lowest BCUT2D eigenvalue weighted by atomic mass is 10.2. The Balaban J connectivity index is 4.23. The van der Waals surface area contributed by atoms with Gasteiger partial charge >= 0.3 is 0 Å². The van der Waals surface area contributed by atoms with E-state index in [2.05, 4.69) is 25.1 Å². The second-order valence-corrected chi connectivity index (χ2v) is 2.03. The lowest BCUT2D eigenvalue weighted by Crippen LogP contribution is -2.27. The summed E-state index contributed by atoms with van der Waals surface area (Å²) >= 11 is 0. The zero-order chi connectivity index (χ0) is 9.72. The highest BCUT2D eigenvalue weighted by molar-refractivity contribution is 6.09. The normalized spacial score (nSPS) is 8.33. The number of Topliss-reactive ketones (excluding diaryl/α,β-unsaturated/α-hetero) is 1. The lowest BCUT2D eigenvalue weighted by molar-refractivity contribution is -0.118. The van der Waals surface area contributed by atoms with Crippen LogP contribution in [0.4, 0.5) is 0 Å². The minimum absolute atomic E-state index is 0.104. The summed E-state index contributed by atoms with van der Waals surface area (Å²) < 4.78 is 0.